The topological polar surface area (TPSA) is 37.3 Å². The fourth-order valence-electron chi connectivity index (χ4n) is 8.23. The molecule has 4 saturated carbocycles. The van der Waals surface area contributed by atoms with Crippen LogP contribution in [-0.4, -0.2) is 16.5 Å². The highest BCUT2D eigenvalue weighted by Crippen LogP contribution is 2.66. The molecule has 0 amide bonds. The number of hydrogen-bond acceptors (Lipinski definition) is 2. The smallest absolute Gasteiger partial charge is 0.139 e. The molecule has 4 fully saturated rings. The quantitative estimate of drug-likeness (QED) is 0.728. The van der Waals surface area contributed by atoms with E-state index in [1.807, 2.05) is 0 Å². The normalized spacial score (nSPS) is 47.9. The Balaban J connectivity index is 1.36. The summed E-state index contributed by atoms with van der Waals surface area (Å²) in [6.45, 7) is 4.81. The monoisotopic (exact) mass is 380 g/mol. The zero-order chi connectivity index (χ0) is 19.6. The summed E-state index contributed by atoms with van der Waals surface area (Å²) in [6, 6.07) is 10.5. The van der Waals surface area contributed by atoms with E-state index in [9.17, 15) is 9.90 Å². The molecule has 7 atom stereocenters. The molecule has 28 heavy (non-hydrogen) atoms. The number of aliphatic hydroxyl groups is 1. The lowest BCUT2D eigenvalue weighted by Crippen LogP contribution is -2.56. The van der Waals surface area contributed by atoms with Crippen LogP contribution in [0, 0.1) is 34.5 Å². The molecule has 2 heteroatoms. The molecule has 1 aromatic carbocycles. The van der Waals surface area contributed by atoms with Gasteiger partial charge in [0.1, 0.15) is 5.78 Å². The van der Waals surface area contributed by atoms with E-state index in [2.05, 4.69) is 44.2 Å². The van der Waals surface area contributed by atoms with E-state index in [0.717, 1.165) is 56.8 Å². The molecule has 4 aliphatic rings. The minimum Gasteiger partial charge on any atom is -0.390 e. The number of hydrogen-bond donors (Lipinski definition) is 1. The lowest BCUT2D eigenvalue weighted by molar-refractivity contribution is -0.153. The van der Waals surface area contributed by atoms with Gasteiger partial charge in [-0.1, -0.05) is 44.2 Å². The summed E-state index contributed by atoms with van der Waals surface area (Å²) < 4.78 is 0. The molecule has 0 aromatic heterocycles. The average molecular weight is 381 g/mol. The van der Waals surface area contributed by atoms with Gasteiger partial charge in [-0.15, -0.1) is 0 Å². The molecule has 0 spiro atoms. The lowest BCUT2D eigenvalue weighted by atomic mass is 9.44. The predicted octanol–water partition coefficient (Wildman–Crippen LogP) is 5.57. The Kier molecular flexibility index (Phi) is 4.32. The summed E-state index contributed by atoms with van der Waals surface area (Å²) in [4.78, 5) is 12.6. The Morgan fingerprint density at radius 3 is 2.54 bits per heavy atom. The van der Waals surface area contributed by atoms with Crippen molar-refractivity contribution in [2.75, 3.05) is 0 Å². The molecular weight excluding hydrogens is 344 g/mol. The van der Waals surface area contributed by atoms with Gasteiger partial charge in [0.05, 0.1) is 5.60 Å². The van der Waals surface area contributed by atoms with Crippen molar-refractivity contribution in [3.05, 3.63) is 35.9 Å². The van der Waals surface area contributed by atoms with Crippen LogP contribution in [0.25, 0.3) is 0 Å². The zero-order valence-electron chi connectivity index (χ0n) is 17.6. The van der Waals surface area contributed by atoms with Crippen molar-refractivity contribution in [1.29, 1.82) is 0 Å². The molecule has 0 saturated heterocycles. The van der Waals surface area contributed by atoms with Crippen LogP contribution in [0.15, 0.2) is 30.3 Å². The van der Waals surface area contributed by atoms with Gasteiger partial charge in [-0.05, 0) is 86.0 Å². The Labute approximate surface area is 170 Å². The second-order valence-electron chi connectivity index (χ2n) is 11.2. The number of Topliss-reactive ketones (excluding diaryl/α,β-unsaturated/α-hetero) is 1. The van der Waals surface area contributed by atoms with Crippen molar-refractivity contribution in [3.63, 3.8) is 0 Å². The van der Waals surface area contributed by atoms with E-state index >= 15 is 0 Å². The first-order chi connectivity index (χ1) is 13.3. The van der Waals surface area contributed by atoms with E-state index in [-0.39, 0.29) is 5.41 Å². The van der Waals surface area contributed by atoms with Gasteiger partial charge < -0.3 is 5.11 Å². The Bertz CT molecular complexity index is 757. The van der Waals surface area contributed by atoms with Crippen LogP contribution in [0.5, 0.6) is 0 Å². The zero-order valence-corrected chi connectivity index (χ0v) is 17.6. The molecule has 0 unspecified atom stereocenters. The Morgan fingerprint density at radius 1 is 0.964 bits per heavy atom. The van der Waals surface area contributed by atoms with Crippen molar-refractivity contribution < 1.29 is 9.90 Å². The minimum absolute atomic E-state index is 0.0208. The number of rotatable bonds is 2. The highest BCUT2D eigenvalue weighted by molar-refractivity contribution is 5.87. The van der Waals surface area contributed by atoms with Crippen molar-refractivity contribution in [2.45, 2.75) is 83.7 Å². The van der Waals surface area contributed by atoms with Crippen LogP contribution in [0.2, 0.25) is 0 Å². The van der Waals surface area contributed by atoms with Crippen LogP contribution < -0.4 is 0 Å². The number of fused-ring (bicyclic) bond motifs is 5. The first kappa shape index (κ1) is 18.9. The third-order valence-corrected chi connectivity index (χ3v) is 9.91. The van der Waals surface area contributed by atoms with Crippen molar-refractivity contribution in [2.24, 2.45) is 34.5 Å². The highest BCUT2D eigenvalue weighted by Gasteiger charge is 2.61. The summed E-state index contributed by atoms with van der Waals surface area (Å²) in [5.74, 6) is 3.31. The van der Waals surface area contributed by atoms with Crippen LogP contribution in [-0.2, 0) is 11.2 Å². The van der Waals surface area contributed by atoms with Gasteiger partial charge in [-0.3, -0.25) is 4.79 Å². The molecule has 0 radical (unpaired) electrons. The molecule has 5 rings (SSSR count). The van der Waals surface area contributed by atoms with E-state index < -0.39 is 5.60 Å². The Hall–Kier alpha value is -1.15. The minimum atomic E-state index is -0.537. The maximum atomic E-state index is 12.6. The van der Waals surface area contributed by atoms with Gasteiger partial charge in [0.2, 0.25) is 0 Å². The summed E-state index contributed by atoms with van der Waals surface area (Å²) in [7, 11) is 0. The number of carbonyl (C=O) groups excluding carboxylic acids is 1. The lowest BCUT2D eigenvalue weighted by Gasteiger charge is -2.61. The van der Waals surface area contributed by atoms with Crippen molar-refractivity contribution >= 4 is 5.78 Å². The molecule has 152 valence electrons. The average Bonchev–Trinajstić information content (AvgIpc) is 2.98. The maximum absolute atomic E-state index is 12.6. The molecule has 0 aliphatic heterocycles. The van der Waals surface area contributed by atoms with Crippen LogP contribution >= 0.6 is 0 Å². The molecular formula is C26H36O2. The molecule has 0 bridgehead atoms. The van der Waals surface area contributed by atoms with Gasteiger partial charge in [-0.25, -0.2) is 0 Å². The molecule has 4 aliphatic carbocycles. The highest BCUT2D eigenvalue weighted by atomic mass is 16.3. The van der Waals surface area contributed by atoms with E-state index in [1.165, 1.54) is 24.8 Å². The molecule has 2 nitrogen and oxygen atoms in total. The summed E-state index contributed by atoms with van der Waals surface area (Å²) in [6.07, 6.45) is 10.7. The van der Waals surface area contributed by atoms with E-state index in [1.54, 1.807) is 0 Å². The van der Waals surface area contributed by atoms with Gasteiger partial charge >= 0.3 is 0 Å². The van der Waals surface area contributed by atoms with Crippen molar-refractivity contribution in [1.82, 2.24) is 0 Å². The summed E-state index contributed by atoms with van der Waals surface area (Å²) >= 11 is 0. The first-order valence-electron chi connectivity index (χ1n) is 11.6. The second-order valence-corrected chi connectivity index (χ2v) is 11.2. The van der Waals surface area contributed by atoms with Gasteiger partial charge in [0, 0.05) is 18.3 Å². The number of carbonyl (C=O) groups is 1. The summed E-state index contributed by atoms with van der Waals surface area (Å²) in [5, 5.41) is 11.5. The second kappa shape index (κ2) is 6.42. The largest absolute Gasteiger partial charge is 0.390 e. The van der Waals surface area contributed by atoms with Gasteiger partial charge in [0.25, 0.3) is 0 Å². The number of benzene rings is 1. The van der Waals surface area contributed by atoms with Crippen molar-refractivity contribution in [3.8, 4) is 0 Å². The van der Waals surface area contributed by atoms with Crippen LogP contribution in [0.4, 0.5) is 0 Å². The standard InChI is InChI=1S/C26H36O2/c1-24-14-15-26(28,16-18-6-4-3-5-7-18)17-19(24)8-9-20-21-10-11-23(27)25(21,2)13-12-22(20)24/h3-7,19-22,28H,8-17H2,1-2H3/t19-,20-,21-,22-,24-,25-,26-/m0/s1. The van der Waals surface area contributed by atoms with E-state index in [4.69, 9.17) is 0 Å². The molecule has 0 heterocycles. The van der Waals surface area contributed by atoms with Crippen LogP contribution in [0.3, 0.4) is 0 Å². The van der Waals surface area contributed by atoms with Crippen LogP contribution in [0.1, 0.15) is 77.2 Å². The van der Waals surface area contributed by atoms with Gasteiger partial charge in [0.15, 0.2) is 0 Å². The third kappa shape index (κ3) is 2.74. The fraction of sp³-hybridized carbons (Fsp3) is 0.731. The fourth-order valence-corrected chi connectivity index (χ4v) is 8.23. The summed E-state index contributed by atoms with van der Waals surface area (Å²) in [5.41, 5.74) is 1.07. The Morgan fingerprint density at radius 2 is 1.75 bits per heavy atom. The molecule has 1 aromatic rings. The third-order valence-electron chi connectivity index (χ3n) is 9.91. The van der Waals surface area contributed by atoms with Gasteiger partial charge in [-0.2, -0.15) is 0 Å². The maximum Gasteiger partial charge on any atom is 0.139 e. The SMILES string of the molecule is C[C@]12CC[C@](O)(Cc3ccccc3)C[C@@H]1CC[C@@H]1[C@@H]2CC[C@]2(C)C(=O)CC[C@@H]12. The first-order valence-corrected chi connectivity index (χ1v) is 11.6. The number of ketones is 1. The van der Waals surface area contributed by atoms with E-state index in [0.29, 0.717) is 23.0 Å². The molecule has 1 N–H and O–H groups in total. The predicted molar refractivity (Wildman–Crippen MR) is 112 cm³/mol.